The average Bonchev–Trinajstić information content (AvgIpc) is 3.35. The maximum absolute atomic E-state index is 13.3. The number of pyridine rings is 1. The Kier molecular flexibility index (Phi) is 6.07. The first-order valence-corrected chi connectivity index (χ1v) is 10.5. The van der Waals surface area contributed by atoms with E-state index in [0.717, 1.165) is 12.0 Å². The maximum Gasteiger partial charge on any atom is 0.290 e. The maximum atomic E-state index is 13.3. The fourth-order valence-electron chi connectivity index (χ4n) is 3.77. The molecule has 7 heteroatoms. The minimum absolute atomic E-state index is 0.0131. The molecule has 1 N–H and O–H groups in total. The fourth-order valence-corrected chi connectivity index (χ4v) is 3.77. The number of rotatable bonds is 8. The van der Waals surface area contributed by atoms with Gasteiger partial charge in [-0.3, -0.25) is 14.6 Å². The summed E-state index contributed by atoms with van der Waals surface area (Å²) in [6.45, 7) is 4.46. The first kappa shape index (κ1) is 21.4. The molecule has 7 nitrogen and oxygen atoms in total. The monoisotopic (exact) mass is 432 g/mol. The smallest absolute Gasteiger partial charge is 0.290 e. The van der Waals surface area contributed by atoms with Crippen LogP contribution in [-0.4, -0.2) is 33.3 Å². The second-order valence-corrected chi connectivity index (χ2v) is 7.62. The van der Waals surface area contributed by atoms with Gasteiger partial charge in [0.2, 0.25) is 5.78 Å². The molecular formula is C25H24N2O5. The van der Waals surface area contributed by atoms with Gasteiger partial charge in [-0.1, -0.05) is 25.1 Å². The lowest BCUT2D eigenvalue weighted by molar-refractivity contribution is -0.130. The van der Waals surface area contributed by atoms with Crippen molar-refractivity contribution in [2.24, 2.45) is 0 Å². The van der Waals surface area contributed by atoms with Crippen LogP contribution in [0.3, 0.4) is 0 Å². The summed E-state index contributed by atoms with van der Waals surface area (Å²) in [5.41, 5.74) is 1.42. The molecule has 3 aromatic rings. The molecule has 1 atom stereocenters. The van der Waals surface area contributed by atoms with Crippen molar-refractivity contribution in [1.29, 1.82) is 0 Å². The molecule has 2 aromatic heterocycles. The third-order valence-electron chi connectivity index (χ3n) is 5.23. The van der Waals surface area contributed by atoms with E-state index in [1.807, 2.05) is 31.2 Å². The molecule has 0 aliphatic carbocycles. The predicted molar refractivity (Wildman–Crippen MR) is 117 cm³/mol. The van der Waals surface area contributed by atoms with E-state index in [0.29, 0.717) is 23.7 Å². The minimum Gasteiger partial charge on any atom is -0.503 e. The summed E-state index contributed by atoms with van der Waals surface area (Å²) in [7, 11) is 0. The highest BCUT2D eigenvalue weighted by Gasteiger charge is 2.44. The number of ketones is 1. The van der Waals surface area contributed by atoms with Gasteiger partial charge >= 0.3 is 0 Å². The van der Waals surface area contributed by atoms with E-state index < -0.39 is 23.5 Å². The van der Waals surface area contributed by atoms with E-state index in [1.54, 1.807) is 43.6 Å². The normalized spacial score (nSPS) is 16.0. The van der Waals surface area contributed by atoms with Gasteiger partial charge < -0.3 is 19.2 Å². The number of aliphatic hydroxyl groups excluding tert-OH is 1. The Bertz CT molecular complexity index is 1170. The summed E-state index contributed by atoms with van der Waals surface area (Å²) in [6.07, 6.45) is 4.14. The molecule has 0 saturated carbocycles. The zero-order chi connectivity index (χ0) is 22.7. The lowest BCUT2D eigenvalue weighted by Gasteiger charge is -2.27. The molecule has 0 radical (unpaired) electrons. The van der Waals surface area contributed by atoms with Crippen LogP contribution in [0, 0.1) is 6.92 Å². The Hall–Kier alpha value is -3.87. The number of carbonyl (C=O) groups is 2. The number of carbonyl (C=O) groups excluding carboxylic acids is 2. The summed E-state index contributed by atoms with van der Waals surface area (Å²) in [4.78, 5) is 32.0. The van der Waals surface area contributed by atoms with Crippen molar-refractivity contribution in [2.45, 2.75) is 32.9 Å². The zero-order valence-corrected chi connectivity index (χ0v) is 17.9. The minimum atomic E-state index is -0.800. The number of ether oxygens (including phenoxy) is 1. The van der Waals surface area contributed by atoms with Crippen LogP contribution in [0.15, 0.2) is 76.7 Å². The van der Waals surface area contributed by atoms with E-state index in [2.05, 4.69) is 4.98 Å². The van der Waals surface area contributed by atoms with Gasteiger partial charge in [0, 0.05) is 18.9 Å². The van der Waals surface area contributed by atoms with Crippen molar-refractivity contribution in [1.82, 2.24) is 9.88 Å². The third kappa shape index (κ3) is 4.14. The molecule has 4 rings (SSSR count). The Labute approximate surface area is 186 Å². The van der Waals surface area contributed by atoms with Gasteiger partial charge in [-0.25, -0.2) is 0 Å². The Balaban J connectivity index is 1.78. The Morgan fingerprint density at radius 1 is 1.22 bits per heavy atom. The summed E-state index contributed by atoms with van der Waals surface area (Å²) in [6, 6.07) is 13.3. The van der Waals surface area contributed by atoms with Gasteiger partial charge in [0.15, 0.2) is 11.5 Å². The molecule has 0 saturated heterocycles. The van der Waals surface area contributed by atoms with Gasteiger partial charge in [-0.2, -0.15) is 0 Å². The summed E-state index contributed by atoms with van der Waals surface area (Å²) in [5.74, 6) is -0.448. The quantitative estimate of drug-likeness (QED) is 0.525. The van der Waals surface area contributed by atoms with Gasteiger partial charge in [0.25, 0.3) is 5.91 Å². The largest absolute Gasteiger partial charge is 0.503 e. The van der Waals surface area contributed by atoms with Crippen LogP contribution < -0.4 is 4.74 Å². The number of Topliss-reactive ketones (excluding diaryl/α,β-unsaturated/α-hetero) is 1. The fraction of sp³-hybridized carbons (Fsp3) is 0.240. The highest BCUT2D eigenvalue weighted by Crippen LogP contribution is 2.40. The number of hydrogen-bond acceptors (Lipinski definition) is 6. The number of amides is 1. The number of aryl methyl sites for hydroxylation is 1. The highest BCUT2D eigenvalue weighted by molar-refractivity contribution is 6.15. The second-order valence-electron chi connectivity index (χ2n) is 7.62. The number of furan rings is 1. The third-order valence-corrected chi connectivity index (χ3v) is 5.23. The molecule has 1 unspecified atom stereocenters. The van der Waals surface area contributed by atoms with E-state index in [1.165, 1.54) is 4.90 Å². The molecular weight excluding hydrogens is 408 g/mol. The molecule has 164 valence electrons. The van der Waals surface area contributed by atoms with Crippen molar-refractivity contribution in [3.05, 3.63) is 94.9 Å². The van der Waals surface area contributed by atoms with Crippen LogP contribution in [0.2, 0.25) is 0 Å². The average molecular weight is 432 g/mol. The molecule has 1 amide bonds. The molecule has 0 fully saturated rings. The van der Waals surface area contributed by atoms with Crippen LogP contribution in [0.1, 0.15) is 46.8 Å². The van der Waals surface area contributed by atoms with Crippen LogP contribution in [0.4, 0.5) is 0 Å². The SMILES string of the molecule is CCCOc1cccc(C2C(C(=O)c3ccc(C)o3)=C(O)C(=O)N2Cc2cccnc2)c1. The number of hydrogen-bond donors (Lipinski definition) is 1. The van der Waals surface area contributed by atoms with Gasteiger partial charge in [0.1, 0.15) is 11.5 Å². The van der Waals surface area contributed by atoms with Crippen molar-refractivity contribution >= 4 is 11.7 Å². The predicted octanol–water partition coefficient (Wildman–Crippen LogP) is 4.55. The first-order chi connectivity index (χ1) is 15.5. The molecule has 1 aliphatic rings. The topological polar surface area (TPSA) is 92.9 Å². The van der Waals surface area contributed by atoms with Crippen LogP contribution in [-0.2, 0) is 11.3 Å². The number of nitrogens with zero attached hydrogens (tertiary/aromatic N) is 2. The number of aromatic nitrogens is 1. The number of aliphatic hydroxyl groups is 1. The van der Waals surface area contributed by atoms with Crippen molar-refractivity contribution < 1.29 is 23.8 Å². The summed E-state index contributed by atoms with van der Waals surface area (Å²) in [5, 5.41) is 10.8. The summed E-state index contributed by atoms with van der Waals surface area (Å²) >= 11 is 0. The van der Waals surface area contributed by atoms with Crippen molar-refractivity contribution in [2.75, 3.05) is 6.61 Å². The lowest BCUT2D eigenvalue weighted by atomic mass is 9.94. The van der Waals surface area contributed by atoms with Crippen molar-refractivity contribution in [3.63, 3.8) is 0 Å². The molecule has 0 bridgehead atoms. The van der Waals surface area contributed by atoms with Crippen LogP contribution in [0.25, 0.3) is 0 Å². The van der Waals surface area contributed by atoms with Crippen molar-refractivity contribution in [3.8, 4) is 5.75 Å². The molecule has 3 heterocycles. The molecule has 1 aliphatic heterocycles. The summed E-state index contributed by atoms with van der Waals surface area (Å²) < 4.78 is 11.2. The van der Waals surface area contributed by atoms with E-state index >= 15 is 0 Å². The Morgan fingerprint density at radius 3 is 2.75 bits per heavy atom. The number of benzene rings is 1. The molecule has 1 aromatic carbocycles. The molecule has 0 spiro atoms. The van der Waals surface area contributed by atoms with E-state index in [-0.39, 0.29) is 17.9 Å². The standard InChI is InChI=1S/C25H24N2O5/c1-3-12-31-19-8-4-7-18(13-19)22-21(23(28)20-10-9-16(2)32-20)24(29)25(30)27(22)15-17-6-5-11-26-14-17/h4-11,13-14,22,29H,3,12,15H2,1-2H3. The van der Waals surface area contributed by atoms with Gasteiger partial charge in [0.05, 0.1) is 18.2 Å². The van der Waals surface area contributed by atoms with E-state index in [4.69, 9.17) is 9.15 Å². The van der Waals surface area contributed by atoms with Crippen LogP contribution in [0.5, 0.6) is 5.75 Å². The Morgan fingerprint density at radius 2 is 2.06 bits per heavy atom. The second kappa shape index (κ2) is 9.09. The van der Waals surface area contributed by atoms with Gasteiger partial charge in [-0.05, 0) is 54.8 Å². The first-order valence-electron chi connectivity index (χ1n) is 10.5. The highest BCUT2D eigenvalue weighted by atomic mass is 16.5. The molecule has 32 heavy (non-hydrogen) atoms. The lowest BCUT2D eigenvalue weighted by Crippen LogP contribution is -2.30. The van der Waals surface area contributed by atoms with Crippen LogP contribution >= 0.6 is 0 Å². The van der Waals surface area contributed by atoms with E-state index in [9.17, 15) is 14.7 Å². The van der Waals surface area contributed by atoms with Gasteiger partial charge in [-0.15, -0.1) is 0 Å². The zero-order valence-electron chi connectivity index (χ0n) is 17.9.